The van der Waals surface area contributed by atoms with Crippen molar-refractivity contribution in [2.45, 2.75) is 20.8 Å². The minimum Gasteiger partial charge on any atom is -0.494 e. The van der Waals surface area contributed by atoms with Gasteiger partial charge in [0.15, 0.2) is 0 Å². The topological polar surface area (TPSA) is 47.0 Å². The fourth-order valence-corrected chi connectivity index (χ4v) is 1.71. The van der Waals surface area contributed by atoms with Crippen molar-refractivity contribution < 1.29 is 4.74 Å². The van der Waals surface area contributed by atoms with Gasteiger partial charge in [-0.1, -0.05) is 0 Å². The number of hydrogen-bond acceptors (Lipinski definition) is 4. The van der Waals surface area contributed by atoms with Crippen LogP contribution in [0.5, 0.6) is 5.75 Å². The molecule has 4 heteroatoms. The van der Waals surface area contributed by atoms with Crippen LogP contribution < -0.4 is 10.1 Å². The zero-order valence-corrected chi connectivity index (χ0v) is 10.9. The summed E-state index contributed by atoms with van der Waals surface area (Å²) in [7, 11) is 0. The maximum atomic E-state index is 5.39. The number of aryl methyl sites for hydroxylation is 2. The van der Waals surface area contributed by atoms with E-state index in [2.05, 4.69) is 15.3 Å². The molecule has 0 fully saturated rings. The lowest BCUT2D eigenvalue weighted by molar-refractivity contribution is 0.340. The molecule has 0 atom stereocenters. The summed E-state index contributed by atoms with van der Waals surface area (Å²) in [5.74, 6) is 1.49. The quantitative estimate of drug-likeness (QED) is 0.895. The number of anilines is 2. The van der Waals surface area contributed by atoms with Crippen LogP contribution in [0.3, 0.4) is 0 Å². The first-order chi connectivity index (χ1) is 8.67. The molecule has 0 saturated carbocycles. The average Bonchev–Trinajstić information content (AvgIpc) is 2.31. The lowest BCUT2D eigenvalue weighted by Gasteiger charge is -2.08. The Bertz CT molecular complexity index is 503. The third-order valence-electron chi connectivity index (χ3n) is 2.40. The Morgan fingerprint density at radius 3 is 2.22 bits per heavy atom. The highest BCUT2D eigenvalue weighted by molar-refractivity contribution is 5.54. The summed E-state index contributed by atoms with van der Waals surface area (Å²) in [6, 6.07) is 9.70. The Balaban J connectivity index is 2.13. The molecule has 0 unspecified atom stereocenters. The van der Waals surface area contributed by atoms with Crippen LogP contribution >= 0.6 is 0 Å². The van der Waals surface area contributed by atoms with Crippen LogP contribution in [0.1, 0.15) is 18.3 Å². The SMILES string of the molecule is CCOc1ccc(Nc2nc(C)cc(C)n2)cc1. The second-order valence-electron chi connectivity index (χ2n) is 4.06. The number of nitrogens with one attached hydrogen (secondary N) is 1. The molecular formula is C14H17N3O. The van der Waals surface area contributed by atoms with E-state index in [1.165, 1.54) is 0 Å². The molecule has 1 aromatic heterocycles. The first-order valence-electron chi connectivity index (χ1n) is 5.99. The maximum absolute atomic E-state index is 5.39. The van der Waals surface area contributed by atoms with Crippen LogP contribution in [0, 0.1) is 13.8 Å². The van der Waals surface area contributed by atoms with Crippen molar-refractivity contribution >= 4 is 11.6 Å². The van der Waals surface area contributed by atoms with E-state index < -0.39 is 0 Å². The Labute approximate surface area is 107 Å². The molecule has 0 spiro atoms. The molecule has 1 aromatic carbocycles. The van der Waals surface area contributed by atoms with Crippen molar-refractivity contribution in [2.75, 3.05) is 11.9 Å². The minimum atomic E-state index is 0.622. The number of nitrogens with zero attached hydrogens (tertiary/aromatic N) is 2. The van der Waals surface area contributed by atoms with Crippen molar-refractivity contribution in [1.29, 1.82) is 0 Å². The second kappa shape index (κ2) is 5.49. The van der Waals surface area contributed by atoms with Crippen LogP contribution in [0.15, 0.2) is 30.3 Å². The molecule has 0 aliphatic carbocycles. The molecule has 0 aliphatic heterocycles. The van der Waals surface area contributed by atoms with Gasteiger partial charge < -0.3 is 10.1 Å². The van der Waals surface area contributed by atoms with Gasteiger partial charge in [0.05, 0.1) is 6.61 Å². The monoisotopic (exact) mass is 243 g/mol. The first kappa shape index (κ1) is 12.4. The fourth-order valence-electron chi connectivity index (χ4n) is 1.71. The third-order valence-corrected chi connectivity index (χ3v) is 2.40. The van der Waals surface area contributed by atoms with Crippen molar-refractivity contribution in [3.8, 4) is 5.75 Å². The highest BCUT2D eigenvalue weighted by atomic mass is 16.5. The lowest BCUT2D eigenvalue weighted by Crippen LogP contribution is -2.00. The number of benzene rings is 1. The van der Waals surface area contributed by atoms with Gasteiger partial charge in [-0.25, -0.2) is 9.97 Å². The highest BCUT2D eigenvalue weighted by Gasteiger charge is 2.00. The van der Waals surface area contributed by atoms with E-state index in [0.717, 1.165) is 22.8 Å². The lowest BCUT2D eigenvalue weighted by atomic mass is 10.3. The molecule has 2 rings (SSSR count). The standard InChI is InChI=1S/C14H17N3O/c1-4-18-13-7-5-12(6-8-13)17-14-15-10(2)9-11(3)16-14/h5-9H,4H2,1-3H3,(H,15,16,17). The first-order valence-corrected chi connectivity index (χ1v) is 5.99. The average molecular weight is 243 g/mol. The molecule has 18 heavy (non-hydrogen) atoms. The molecule has 1 heterocycles. The van der Waals surface area contributed by atoms with E-state index in [1.54, 1.807) is 0 Å². The van der Waals surface area contributed by atoms with Gasteiger partial charge >= 0.3 is 0 Å². The molecule has 0 saturated heterocycles. The van der Waals surface area contributed by atoms with Crippen molar-refractivity contribution in [3.05, 3.63) is 41.7 Å². The van der Waals surface area contributed by atoms with Crippen LogP contribution in [0.4, 0.5) is 11.6 Å². The number of ether oxygens (including phenoxy) is 1. The van der Waals surface area contributed by atoms with Crippen LogP contribution in [-0.2, 0) is 0 Å². The summed E-state index contributed by atoms with van der Waals surface area (Å²) >= 11 is 0. The summed E-state index contributed by atoms with van der Waals surface area (Å²) in [6.07, 6.45) is 0. The summed E-state index contributed by atoms with van der Waals surface area (Å²) in [4.78, 5) is 8.67. The Hall–Kier alpha value is -2.10. The largest absolute Gasteiger partial charge is 0.494 e. The predicted octanol–water partition coefficient (Wildman–Crippen LogP) is 3.24. The summed E-state index contributed by atoms with van der Waals surface area (Å²) in [5.41, 5.74) is 2.86. The minimum absolute atomic E-state index is 0.622. The number of hydrogen-bond donors (Lipinski definition) is 1. The smallest absolute Gasteiger partial charge is 0.227 e. The zero-order valence-electron chi connectivity index (χ0n) is 10.9. The van der Waals surface area contributed by atoms with E-state index in [-0.39, 0.29) is 0 Å². The van der Waals surface area contributed by atoms with Gasteiger partial charge in [-0.05, 0) is 51.1 Å². The Kier molecular flexibility index (Phi) is 3.77. The molecule has 0 radical (unpaired) electrons. The van der Waals surface area contributed by atoms with E-state index in [1.807, 2.05) is 51.1 Å². The van der Waals surface area contributed by atoms with E-state index in [0.29, 0.717) is 12.6 Å². The van der Waals surface area contributed by atoms with E-state index in [4.69, 9.17) is 4.74 Å². The van der Waals surface area contributed by atoms with Gasteiger partial charge in [0.25, 0.3) is 0 Å². The van der Waals surface area contributed by atoms with Gasteiger partial charge in [0, 0.05) is 17.1 Å². The number of rotatable bonds is 4. The summed E-state index contributed by atoms with van der Waals surface area (Å²) in [5, 5.41) is 3.18. The van der Waals surface area contributed by atoms with Crippen molar-refractivity contribution in [2.24, 2.45) is 0 Å². The second-order valence-corrected chi connectivity index (χ2v) is 4.06. The molecule has 2 aromatic rings. The normalized spacial score (nSPS) is 10.2. The molecule has 0 amide bonds. The Morgan fingerprint density at radius 1 is 1.06 bits per heavy atom. The van der Waals surface area contributed by atoms with Crippen LogP contribution in [0.2, 0.25) is 0 Å². The molecule has 0 bridgehead atoms. The number of aromatic nitrogens is 2. The van der Waals surface area contributed by atoms with Gasteiger partial charge in [-0.2, -0.15) is 0 Å². The van der Waals surface area contributed by atoms with Gasteiger partial charge in [0.1, 0.15) is 5.75 Å². The zero-order chi connectivity index (χ0) is 13.0. The molecule has 0 aliphatic rings. The predicted molar refractivity (Wildman–Crippen MR) is 72.4 cm³/mol. The molecular weight excluding hydrogens is 226 g/mol. The van der Waals surface area contributed by atoms with Crippen LogP contribution in [-0.4, -0.2) is 16.6 Å². The van der Waals surface area contributed by atoms with Crippen LogP contribution in [0.25, 0.3) is 0 Å². The molecule has 1 N–H and O–H groups in total. The summed E-state index contributed by atoms with van der Waals surface area (Å²) in [6.45, 7) is 6.55. The van der Waals surface area contributed by atoms with Gasteiger partial charge in [0.2, 0.25) is 5.95 Å². The molecule has 94 valence electrons. The third kappa shape index (κ3) is 3.20. The van der Waals surface area contributed by atoms with Gasteiger partial charge in [-0.15, -0.1) is 0 Å². The molecule has 4 nitrogen and oxygen atoms in total. The fraction of sp³-hybridized carbons (Fsp3) is 0.286. The van der Waals surface area contributed by atoms with Crippen molar-refractivity contribution in [3.63, 3.8) is 0 Å². The van der Waals surface area contributed by atoms with E-state index >= 15 is 0 Å². The van der Waals surface area contributed by atoms with Gasteiger partial charge in [-0.3, -0.25) is 0 Å². The highest BCUT2D eigenvalue weighted by Crippen LogP contribution is 2.18. The van der Waals surface area contributed by atoms with E-state index in [9.17, 15) is 0 Å². The Morgan fingerprint density at radius 2 is 1.67 bits per heavy atom. The maximum Gasteiger partial charge on any atom is 0.227 e. The van der Waals surface area contributed by atoms with Crippen molar-refractivity contribution in [1.82, 2.24) is 9.97 Å². The summed E-state index contributed by atoms with van der Waals surface area (Å²) < 4.78 is 5.39.